The van der Waals surface area contributed by atoms with Crippen molar-refractivity contribution in [2.45, 2.75) is 31.3 Å². The van der Waals surface area contributed by atoms with Crippen LogP contribution in [-0.4, -0.2) is 14.3 Å². The molecule has 0 radical (unpaired) electrons. The molecule has 0 aliphatic rings. The monoisotopic (exact) mass is 594 g/mol. The van der Waals surface area contributed by atoms with E-state index in [1.54, 1.807) is 72.8 Å². The number of nitrogens with zero attached hydrogens (tertiary/aromatic N) is 1. The van der Waals surface area contributed by atoms with Crippen molar-refractivity contribution in [3.05, 3.63) is 166 Å². The van der Waals surface area contributed by atoms with Gasteiger partial charge in [0.2, 0.25) is 0 Å². The number of sulfonamides is 1. The minimum atomic E-state index is -4.05. The summed E-state index contributed by atoms with van der Waals surface area (Å²) in [6.07, 6.45) is 0. The summed E-state index contributed by atoms with van der Waals surface area (Å²) in [4.78, 5) is 14.2. The van der Waals surface area contributed by atoms with Crippen LogP contribution >= 0.6 is 11.6 Å². The predicted octanol–water partition coefficient (Wildman–Crippen LogP) is 7.87. The van der Waals surface area contributed by atoms with Crippen LogP contribution in [0.1, 0.15) is 44.2 Å². The van der Waals surface area contributed by atoms with E-state index in [9.17, 15) is 13.2 Å². The van der Waals surface area contributed by atoms with Gasteiger partial charge < -0.3 is 5.32 Å². The van der Waals surface area contributed by atoms with E-state index in [1.165, 1.54) is 4.31 Å². The van der Waals surface area contributed by atoms with E-state index in [-0.39, 0.29) is 28.6 Å². The molecule has 7 heteroatoms. The lowest BCUT2D eigenvalue weighted by Gasteiger charge is -2.28. The maximum atomic E-state index is 14.2. The number of nitrogens with one attached hydrogen (secondary N) is 1. The number of hydrogen-bond acceptors (Lipinski definition) is 3. The third-order valence-corrected chi connectivity index (χ3v) is 9.20. The van der Waals surface area contributed by atoms with Crippen LogP contribution < -0.4 is 9.62 Å². The van der Waals surface area contributed by atoms with Crippen molar-refractivity contribution in [2.24, 2.45) is 0 Å². The normalized spacial score (nSPS) is 12.0. The first kappa shape index (κ1) is 29.1. The molecule has 5 nitrogen and oxygen atoms in total. The van der Waals surface area contributed by atoms with Gasteiger partial charge in [0.1, 0.15) is 0 Å². The van der Waals surface area contributed by atoms with Gasteiger partial charge in [0.15, 0.2) is 0 Å². The van der Waals surface area contributed by atoms with Crippen LogP contribution in [0.25, 0.3) is 0 Å². The van der Waals surface area contributed by atoms with Crippen LogP contribution in [0.3, 0.4) is 0 Å². The Morgan fingerprint density at radius 1 is 0.762 bits per heavy atom. The number of benzene rings is 5. The smallest absolute Gasteiger partial charge is 0.264 e. The third-order valence-electron chi connectivity index (χ3n) is 7.17. The van der Waals surface area contributed by atoms with Gasteiger partial charge >= 0.3 is 0 Å². The molecule has 42 heavy (non-hydrogen) atoms. The van der Waals surface area contributed by atoms with E-state index in [4.69, 9.17) is 11.6 Å². The van der Waals surface area contributed by atoms with Crippen LogP contribution in [0.15, 0.2) is 132 Å². The van der Waals surface area contributed by atoms with Gasteiger partial charge in [-0.1, -0.05) is 108 Å². The topological polar surface area (TPSA) is 66.5 Å². The average molecular weight is 595 g/mol. The minimum absolute atomic E-state index is 0.0115. The highest BCUT2D eigenvalue weighted by atomic mass is 35.5. The number of carbonyl (C=O) groups excluding carboxylic acids is 1. The van der Waals surface area contributed by atoms with Crippen LogP contribution in [0.5, 0.6) is 0 Å². The molecule has 5 rings (SSSR count). The van der Waals surface area contributed by atoms with Crippen LogP contribution in [0.4, 0.5) is 5.69 Å². The Bertz CT molecular complexity index is 1790. The Morgan fingerprint density at radius 2 is 1.38 bits per heavy atom. The van der Waals surface area contributed by atoms with Crippen LogP contribution in [0, 0.1) is 13.8 Å². The van der Waals surface area contributed by atoms with Gasteiger partial charge in [-0.15, -0.1) is 0 Å². The van der Waals surface area contributed by atoms with Gasteiger partial charge in [0, 0.05) is 5.02 Å². The van der Waals surface area contributed by atoms with Crippen LogP contribution in [-0.2, 0) is 16.6 Å². The maximum Gasteiger partial charge on any atom is 0.264 e. The second-order valence-electron chi connectivity index (χ2n) is 10.1. The SMILES string of the molecule is Cc1ccc(S(=O)(=O)N(Cc2ccc(Cl)cc2)c2ccccc2C(=O)N[C@H](c2ccccc2)c2ccccc2C)cc1. The molecule has 0 unspecified atom stereocenters. The molecule has 0 fully saturated rings. The predicted molar refractivity (Wildman–Crippen MR) is 169 cm³/mol. The second kappa shape index (κ2) is 12.6. The second-order valence-corrected chi connectivity index (χ2v) is 12.4. The summed E-state index contributed by atoms with van der Waals surface area (Å²) in [5.41, 5.74) is 5.11. The number of hydrogen-bond donors (Lipinski definition) is 1. The summed E-state index contributed by atoms with van der Waals surface area (Å²) in [7, 11) is -4.05. The molecular weight excluding hydrogens is 564 g/mol. The Hall–Kier alpha value is -4.39. The fraction of sp³-hybridized carbons (Fsp3) is 0.114. The molecule has 5 aromatic rings. The molecule has 1 N–H and O–H groups in total. The lowest BCUT2D eigenvalue weighted by atomic mass is 9.94. The van der Waals surface area contributed by atoms with Gasteiger partial charge in [-0.05, 0) is 72.5 Å². The fourth-order valence-corrected chi connectivity index (χ4v) is 6.48. The molecule has 1 amide bonds. The zero-order valence-electron chi connectivity index (χ0n) is 23.4. The van der Waals surface area contributed by atoms with Gasteiger partial charge in [-0.25, -0.2) is 8.42 Å². The number of rotatable bonds is 9. The van der Waals surface area contributed by atoms with Crippen LogP contribution in [0.2, 0.25) is 5.02 Å². The van der Waals surface area contributed by atoms with Crippen molar-refractivity contribution in [2.75, 3.05) is 4.31 Å². The molecule has 0 saturated carbocycles. The largest absolute Gasteiger partial charge is 0.341 e. The Morgan fingerprint density at radius 3 is 2.07 bits per heavy atom. The van der Waals surface area contributed by atoms with E-state index in [0.29, 0.717) is 5.02 Å². The highest BCUT2D eigenvalue weighted by molar-refractivity contribution is 7.92. The van der Waals surface area contributed by atoms with Gasteiger partial charge in [0.05, 0.1) is 28.7 Å². The van der Waals surface area contributed by atoms with Gasteiger partial charge in [-0.2, -0.15) is 0 Å². The van der Waals surface area contributed by atoms with Crippen molar-refractivity contribution >= 4 is 33.2 Å². The van der Waals surface area contributed by atoms with Crippen molar-refractivity contribution in [1.82, 2.24) is 5.32 Å². The standard InChI is InChI=1S/C35H31ClN2O3S/c1-25-16-22-30(23-17-25)42(40,41)38(24-27-18-20-29(36)21-19-27)33-15-9-8-14-32(33)35(39)37-34(28-11-4-3-5-12-28)31-13-7-6-10-26(31)2/h3-23,34H,24H2,1-2H3,(H,37,39)/t34-/m1/s1. The summed E-state index contributed by atoms with van der Waals surface area (Å²) in [5, 5.41) is 3.74. The molecule has 0 heterocycles. The third kappa shape index (κ3) is 6.40. The van der Waals surface area contributed by atoms with E-state index < -0.39 is 16.1 Å². The lowest BCUT2D eigenvalue weighted by molar-refractivity contribution is 0.0943. The maximum absolute atomic E-state index is 14.2. The Labute approximate surface area is 252 Å². The fourth-order valence-electron chi connectivity index (χ4n) is 4.88. The molecule has 212 valence electrons. The Kier molecular flexibility index (Phi) is 8.76. The van der Waals surface area contributed by atoms with E-state index in [0.717, 1.165) is 27.8 Å². The summed E-state index contributed by atoms with van der Waals surface area (Å²) < 4.78 is 29.6. The average Bonchev–Trinajstić information content (AvgIpc) is 3.00. The number of carbonyl (C=O) groups is 1. The summed E-state index contributed by atoms with van der Waals surface area (Å²) in [5.74, 6) is -0.386. The van der Waals surface area contributed by atoms with Gasteiger partial charge in [-0.3, -0.25) is 9.10 Å². The van der Waals surface area contributed by atoms with Gasteiger partial charge in [0.25, 0.3) is 15.9 Å². The highest BCUT2D eigenvalue weighted by Crippen LogP contribution is 2.31. The number of halogens is 1. The Balaban J connectivity index is 1.59. The molecule has 0 bridgehead atoms. The summed E-state index contributed by atoms with van der Waals surface area (Å²) >= 11 is 6.11. The first-order valence-electron chi connectivity index (χ1n) is 13.6. The van der Waals surface area contributed by atoms with E-state index in [2.05, 4.69) is 5.32 Å². The quantitative estimate of drug-likeness (QED) is 0.189. The zero-order chi connectivity index (χ0) is 29.7. The number of anilines is 1. The first-order chi connectivity index (χ1) is 20.2. The van der Waals surface area contributed by atoms with Crippen molar-refractivity contribution in [3.63, 3.8) is 0 Å². The number of amides is 1. The van der Waals surface area contributed by atoms with Crippen molar-refractivity contribution < 1.29 is 13.2 Å². The number of para-hydroxylation sites is 1. The summed E-state index contributed by atoms with van der Waals surface area (Å²) in [6.45, 7) is 3.92. The lowest BCUT2D eigenvalue weighted by Crippen LogP contribution is -2.35. The first-order valence-corrected chi connectivity index (χ1v) is 15.4. The molecular formula is C35H31ClN2O3S. The molecule has 0 aromatic heterocycles. The molecule has 0 spiro atoms. The van der Waals surface area contributed by atoms with Crippen molar-refractivity contribution in [1.29, 1.82) is 0 Å². The minimum Gasteiger partial charge on any atom is -0.341 e. The van der Waals surface area contributed by atoms with E-state index in [1.807, 2.05) is 68.4 Å². The molecule has 1 atom stereocenters. The molecule has 0 aliphatic heterocycles. The highest BCUT2D eigenvalue weighted by Gasteiger charge is 2.30. The molecule has 5 aromatic carbocycles. The number of aryl methyl sites for hydroxylation is 2. The molecule has 0 saturated heterocycles. The summed E-state index contributed by atoms with van der Waals surface area (Å²) in [6, 6.07) is 37.7. The van der Waals surface area contributed by atoms with E-state index >= 15 is 0 Å². The zero-order valence-corrected chi connectivity index (χ0v) is 24.9. The van der Waals surface area contributed by atoms with Crippen molar-refractivity contribution in [3.8, 4) is 0 Å². The molecule has 0 aliphatic carbocycles.